The lowest BCUT2D eigenvalue weighted by Gasteiger charge is -2.29. The number of likely N-dealkylation sites (tertiary alicyclic amines) is 1. The molecule has 178 valence electrons. The van der Waals surface area contributed by atoms with Gasteiger partial charge in [0.1, 0.15) is 18.7 Å². The highest BCUT2D eigenvalue weighted by Crippen LogP contribution is 2.15. The summed E-state index contributed by atoms with van der Waals surface area (Å²) >= 11 is 0. The summed E-state index contributed by atoms with van der Waals surface area (Å²) in [7, 11) is 0. The van der Waals surface area contributed by atoms with Gasteiger partial charge in [0.05, 0.1) is 18.3 Å². The first kappa shape index (κ1) is 25.0. The van der Waals surface area contributed by atoms with Crippen LogP contribution in [0.2, 0.25) is 0 Å². The summed E-state index contributed by atoms with van der Waals surface area (Å²) in [5.74, 6) is 0.852. The molecule has 4 rings (SSSR count). The number of benzene rings is 2. The molecule has 2 aromatic carbocycles. The molecule has 2 heterocycles. The van der Waals surface area contributed by atoms with Crippen LogP contribution >= 0.6 is 12.4 Å². The number of hydrogen-bond donors (Lipinski definition) is 2. The van der Waals surface area contributed by atoms with Crippen molar-refractivity contribution in [3.05, 3.63) is 77.0 Å². The van der Waals surface area contributed by atoms with Crippen LogP contribution in [-0.4, -0.2) is 63.2 Å². The van der Waals surface area contributed by atoms with E-state index < -0.39 is 0 Å². The third-order valence-corrected chi connectivity index (χ3v) is 5.70. The summed E-state index contributed by atoms with van der Waals surface area (Å²) < 4.78 is 8.68. The molecule has 0 saturated carbocycles. The number of aliphatic hydroxyl groups excluding tert-OH is 1. The van der Waals surface area contributed by atoms with E-state index in [4.69, 9.17) is 4.74 Å². The Kier molecular flexibility index (Phi) is 9.50. The molecule has 0 unspecified atom stereocenters. The quantitative estimate of drug-likeness (QED) is 0.439. The van der Waals surface area contributed by atoms with E-state index in [1.807, 2.05) is 42.5 Å². The first-order valence-electron chi connectivity index (χ1n) is 11.2. The third-order valence-electron chi connectivity index (χ3n) is 5.70. The van der Waals surface area contributed by atoms with Crippen LogP contribution in [0.3, 0.4) is 0 Å². The molecule has 3 aromatic rings. The molecule has 1 saturated heterocycles. The predicted octanol–water partition coefficient (Wildman–Crippen LogP) is 2.08. The van der Waals surface area contributed by atoms with E-state index in [0.717, 1.165) is 43.9 Å². The van der Waals surface area contributed by atoms with Crippen molar-refractivity contribution in [3.8, 4) is 11.4 Å². The molecule has 0 radical (unpaired) electrons. The second kappa shape index (κ2) is 12.6. The summed E-state index contributed by atoms with van der Waals surface area (Å²) in [6.07, 6.45) is 3.08. The van der Waals surface area contributed by atoms with E-state index >= 15 is 0 Å². The first-order chi connectivity index (χ1) is 15.7. The highest BCUT2D eigenvalue weighted by Gasteiger charge is 2.17. The van der Waals surface area contributed by atoms with Crippen LogP contribution in [-0.2, 0) is 13.1 Å². The molecule has 1 fully saturated rings. The minimum atomic E-state index is -0.158. The van der Waals surface area contributed by atoms with Crippen LogP contribution < -0.4 is 15.7 Å². The molecule has 2 N–H and O–H groups in total. The molecule has 0 aliphatic carbocycles. The Morgan fingerprint density at radius 1 is 1.03 bits per heavy atom. The van der Waals surface area contributed by atoms with Crippen LogP contribution in [0, 0.1) is 0 Å². The van der Waals surface area contributed by atoms with Crippen LogP contribution in [0.1, 0.15) is 18.4 Å². The van der Waals surface area contributed by atoms with E-state index in [-0.39, 0.29) is 24.2 Å². The minimum absolute atomic E-state index is 0. The molecular formula is C24H32ClN5O3. The lowest BCUT2D eigenvalue weighted by Crippen LogP contribution is -2.35. The average molecular weight is 474 g/mol. The number of nitrogens with one attached hydrogen (secondary N) is 1. The summed E-state index contributed by atoms with van der Waals surface area (Å²) in [5.41, 5.74) is 1.86. The third kappa shape index (κ3) is 7.17. The normalized spacial score (nSPS) is 14.7. The molecular weight excluding hydrogens is 442 g/mol. The van der Waals surface area contributed by atoms with Gasteiger partial charge in [0.2, 0.25) is 0 Å². The SMILES string of the molecule is Cl.O=c1n(-c2ccc(CN3CCC(O)CC3)cc2)cnn1CCNCCOc1ccccc1. The standard InChI is InChI=1S/C24H31N5O3.ClH/c30-22-10-14-27(15-11-22)18-20-6-8-21(9-7-20)28-19-26-29(24(28)31)16-12-25-13-17-32-23-4-2-1-3-5-23;/h1-9,19,22,25,30H,10-18H2;1H. The molecule has 0 amide bonds. The van der Waals surface area contributed by atoms with E-state index in [1.54, 1.807) is 10.9 Å². The maximum absolute atomic E-state index is 12.7. The van der Waals surface area contributed by atoms with Crippen molar-refractivity contribution < 1.29 is 9.84 Å². The second-order valence-electron chi connectivity index (χ2n) is 8.09. The van der Waals surface area contributed by atoms with Crippen molar-refractivity contribution in [1.29, 1.82) is 0 Å². The zero-order chi connectivity index (χ0) is 22.2. The molecule has 0 atom stereocenters. The van der Waals surface area contributed by atoms with Crippen LogP contribution in [0.15, 0.2) is 65.7 Å². The molecule has 9 heteroatoms. The first-order valence-corrected chi connectivity index (χ1v) is 11.2. The Balaban J connectivity index is 0.00000306. The summed E-state index contributed by atoms with van der Waals surface area (Å²) in [6, 6.07) is 17.7. The Morgan fingerprint density at radius 2 is 1.76 bits per heavy atom. The maximum atomic E-state index is 12.7. The number of hydrogen-bond acceptors (Lipinski definition) is 6. The molecule has 1 aliphatic heterocycles. The number of nitrogens with zero attached hydrogens (tertiary/aromatic N) is 4. The molecule has 33 heavy (non-hydrogen) atoms. The largest absolute Gasteiger partial charge is 0.492 e. The Hall–Kier alpha value is -2.65. The Morgan fingerprint density at radius 3 is 2.48 bits per heavy atom. The number of para-hydroxylation sites is 1. The fraction of sp³-hybridized carbons (Fsp3) is 0.417. The van der Waals surface area contributed by atoms with Crippen LogP contribution in [0.25, 0.3) is 5.69 Å². The van der Waals surface area contributed by atoms with Gasteiger partial charge in [-0.2, -0.15) is 5.10 Å². The highest BCUT2D eigenvalue weighted by atomic mass is 35.5. The van der Waals surface area contributed by atoms with Gasteiger partial charge in [0.25, 0.3) is 0 Å². The van der Waals surface area contributed by atoms with Gasteiger partial charge in [-0.15, -0.1) is 12.4 Å². The molecule has 0 spiro atoms. The highest BCUT2D eigenvalue weighted by molar-refractivity contribution is 5.85. The Labute approximate surface area is 200 Å². The summed E-state index contributed by atoms with van der Waals surface area (Å²) in [4.78, 5) is 15.0. The molecule has 1 aromatic heterocycles. The number of aromatic nitrogens is 3. The Bertz CT molecular complexity index is 1010. The van der Waals surface area contributed by atoms with Gasteiger partial charge in [-0.05, 0) is 42.7 Å². The number of rotatable bonds is 10. The zero-order valence-corrected chi connectivity index (χ0v) is 19.5. The van der Waals surface area contributed by atoms with Gasteiger partial charge in [-0.1, -0.05) is 30.3 Å². The van der Waals surface area contributed by atoms with E-state index in [1.165, 1.54) is 10.2 Å². The zero-order valence-electron chi connectivity index (χ0n) is 18.7. The van der Waals surface area contributed by atoms with Gasteiger partial charge in [-0.25, -0.2) is 14.0 Å². The second-order valence-corrected chi connectivity index (χ2v) is 8.09. The summed E-state index contributed by atoms with van der Waals surface area (Å²) in [6.45, 7) is 5.10. The number of piperidine rings is 1. The van der Waals surface area contributed by atoms with Crippen LogP contribution in [0.4, 0.5) is 0 Å². The van der Waals surface area contributed by atoms with Crippen LogP contribution in [0.5, 0.6) is 5.75 Å². The topological polar surface area (TPSA) is 84.5 Å². The number of aliphatic hydroxyl groups is 1. The minimum Gasteiger partial charge on any atom is -0.492 e. The average Bonchev–Trinajstić information content (AvgIpc) is 3.19. The summed E-state index contributed by atoms with van der Waals surface area (Å²) in [5, 5.41) is 17.2. The predicted molar refractivity (Wildman–Crippen MR) is 130 cm³/mol. The lowest BCUT2D eigenvalue weighted by molar-refractivity contribution is 0.0792. The fourth-order valence-corrected chi connectivity index (χ4v) is 3.83. The monoisotopic (exact) mass is 473 g/mol. The van der Waals surface area contributed by atoms with Gasteiger partial charge >= 0.3 is 5.69 Å². The van der Waals surface area contributed by atoms with Gasteiger partial charge < -0.3 is 15.2 Å². The van der Waals surface area contributed by atoms with Gasteiger partial charge in [-0.3, -0.25) is 4.90 Å². The van der Waals surface area contributed by atoms with Gasteiger partial charge in [0.15, 0.2) is 0 Å². The fourth-order valence-electron chi connectivity index (χ4n) is 3.83. The number of halogens is 1. The lowest BCUT2D eigenvalue weighted by atomic mass is 10.1. The van der Waals surface area contributed by atoms with E-state index in [2.05, 4.69) is 27.4 Å². The van der Waals surface area contributed by atoms with Crippen molar-refractivity contribution in [2.45, 2.75) is 32.0 Å². The van der Waals surface area contributed by atoms with Crippen molar-refractivity contribution in [2.75, 3.05) is 32.8 Å². The van der Waals surface area contributed by atoms with Crippen molar-refractivity contribution in [2.24, 2.45) is 0 Å². The van der Waals surface area contributed by atoms with Gasteiger partial charge in [0, 0.05) is 32.7 Å². The van der Waals surface area contributed by atoms with E-state index in [9.17, 15) is 9.90 Å². The smallest absolute Gasteiger partial charge is 0.350 e. The number of ether oxygens (including phenoxy) is 1. The van der Waals surface area contributed by atoms with E-state index in [0.29, 0.717) is 26.2 Å². The molecule has 8 nitrogen and oxygen atoms in total. The van der Waals surface area contributed by atoms with Crippen molar-refractivity contribution >= 4 is 12.4 Å². The van der Waals surface area contributed by atoms with Crippen molar-refractivity contribution in [3.63, 3.8) is 0 Å². The molecule has 1 aliphatic rings. The maximum Gasteiger partial charge on any atom is 0.350 e. The van der Waals surface area contributed by atoms with Crippen molar-refractivity contribution in [1.82, 2.24) is 24.6 Å². The molecule has 0 bridgehead atoms.